The zero-order chi connectivity index (χ0) is 22.8. The molecule has 166 valence electrons. The Bertz CT molecular complexity index is 961. The molecule has 0 fully saturated rings. The number of carbonyl (C=O) groups excluding carboxylic acids is 1. The van der Waals surface area contributed by atoms with Crippen LogP contribution in [0.15, 0.2) is 49.1 Å². The summed E-state index contributed by atoms with van der Waals surface area (Å²) < 4.78 is 12.4. The predicted octanol–water partition coefficient (Wildman–Crippen LogP) is 6.01. The second kappa shape index (κ2) is 8.91. The number of allylic oxidation sites excluding steroid dienone is 1. The first-order chi connectivity index (χ1) is 14.6. The minimum absolute atomic E-state index is 0.0520. The highest BCUT2D eigenvalue weighted by Crippen LogP contribution is 2.43. The SMILES string of the molecule is C=CCc1c(O[Si](C)(C)C(C)(C)C)cc(OC)c2c1C(=O)N(CCc1ccccc1)C2. The van der Waals surface area contributed by atoms with E-state index in [1.54, 1.807) is 7.11 Å². The van der Waals surface area contributed by atoms with Gasteiger partial charge < -0.3 is 14.1 Å². The molecule has 31 heavy (non-hydrogen) atoms. The quantitative estimate of drug-likeness (QED) is 0.375. The van der Waals surface area contributed by atoms with Crippen LogP contribution < -0.4 is 9.16 Å². The van der Waals surface area contributed by atoms with E-state index in [0.29, 0.717) is 19.5 Å². The number of fused-ring (bicyclic) bond motifs is 1. The lowest BCUT2D eigenvalue weighted by molar-refractivity contribution is 0.0779. The molecule has 1 heterocycles. The van der Waals surface area contributed by atoms with Gasteiger partial charge in [0.15, 0.2) is 0 Å². The number of amides is 1. The van der Waals surface area contributed by atoms with Gasteiger partial charge in [0.05, 0.1) is 19.2 Å². The van der Waals surface area contributed by atoms with Crippen LogP contribution in [0.1, 0.15) is 47.8 Å². The minimum atomic E-state index is -2.09. The molecule has 0 spiro atoms. The van der Waals surface area contributed by atoms with E-state index in [9.17, 15) is 4.79 Å². The van der Waals surface area contributed by atoms with Gasteiger partial charge in [-0.15, -0.1) is 6.58 Å². The molecular weight excluding hydrogens is 402 g/mol. The first kappa shape index (κ1) is 23.1. The molecule has 1 amide bonds. The van der Waals surface area contributed by atoms with E-state index in [-0.39, 0.29) is 10.9 Å². The molecular formula is C26H35NO3Si. The summed E-state index contributed by atoms with van der Waals surface area (Å²) in [5.74, 6) is 1.55. The van der Waals surface area contributed by atoms with Gasteiger partial charge in [0.1, 0.15) is 11.5 Å². The van der Waals surface area contributed by atoms with Crippen LogP contribution in [0.25, 0.3) is 0 Å². The highest BCUT2D eigenvalue weighted by atomic mass is 28.4. The Kier molecular flexibility index (Phi) is 6.65. The molecule has 0 radical (unpaired) electrons. The van der Waals surface area contributed by atoms with Crippen molar-refractivity contribution in [2.75, 3.05) is 13.7 Å². The normalized spacial score (nSPS) is 13.9. The summed E-state index contributed by atoms with van der Waals surface area (Å²) in [6.45, 7) is 16.3. The van der Waals surface area contributed by atoms with Crippen molar-refractivity contribution in [2.45, 2.75) is 58.3 Å². The Morgan fingerprint density at radius 2 is 1.84 bits per heavy atom. The molecule has 2 aromatic carbocycles. The summed E-state index contributed by atoms with van der Waals surface area (Å²) >= 11 is 0. The van der Waals surface area contributed by atoms with Gasteiger partial charge in [-0.2, -0.15) is 0 Å². The van der Waals surface area contributed by atoms with E-state index < -0.39 is 8.32 Å². The fourth-order valence-corrected chi connectivity index (χ4v) is 4.73. The molecule has 2 aromatic rings. The minimum Gasteiger partial charge on any atom is -0.543 e. The van der Waals surface area contributed by atoms with E-state index in [0.717, 1.165) is 34.6 Å². The van der Waals surface area contributed by atoms with Crippen LogP contribution >= 0.6 is 0 Å². The van der Waals surface area contributed by atoms with Gasteiger partial charge in [-0.3, -0.25) is 4.79 Å². The Labute approximate surface area is 188 Å². The second-order valence-corrected chi connectivity index (χ2v) is 14.5. The van der Waals surface area contributed by atoms with Crippen molar-refractivity contribution >= 4 is 14.2 Å². The number of ether oxygens (including phenoxy) is 1. The predicted molar refractivity (Wildman–Crippen MR) is 130 cm³/mol. The summed E-state index contributed by atoms with van der Waals surface area (Å²) in [7, 11) is -0.425. The molecule has 1 aliphatic heterocycles. The van der Waals surface area contributed by atoms with Gasteiger partial charge in [-0.25, -0.2) is 0 Å². The fraction of sp³-hybridized carbons (Fsp3) is 0.423. The van der Waals surface area contributed by atoms with Crippen molar-refractivity contribution in [1.82, 2.24) is 4.90 Å². The lowest BCUT2D eigenvalue weighted by Gasteiger charge is -2.37. The zero-order valence-corrected chi connectivity index (χ0v) is 20.7. The van der Waals surface area contributed by atoms with Crippen molar-refractivity contribution in [3.63, 3.8) is 0 Å². The number of hydrogen-bond acceptors (Lipinski definition) is 3. The number of rotatable bonds is 8. The third-order valence-corrected chi connectivity index (χ3v) is 10.9. The van der Waals surface area contributed by atoms with E-state index in [2.05, 4.69) is 52.6 Å². The number of nitrogens with zero attached hydrogens (tertiary/aromatic N) is 1. The smallest absolute Gasteiger partial charge is 0.255 e. The van der Waals surface area contributed by atoms with E-state index in [4.69, 9.17) is 9.16 Å². The molecule has 4 nitrogen and oxygen atoms in total. The molecule has 0 saturated carbocycles. The summed E-state index contributed by atoms with van der Waals surface area (Å²) in [6, 6.07) is 12.3. The van der Waals surface area contributed by atoms with Gasteiger partial charge in [0.25, 0.3) is 5.91 Å². The van der Waals surface area contributed by atoms with Gasteiger partial charge >= 0.3 is 0 Å². The standard InChI is InChI=1S/C26H35NO3Si/c1-8-12-20-23(30-31(6,7)26(2,3)4)17-22(29-5)21-18-27(25(28)24(20)21)16-15-19-13-10-9-11-14-19/h8-11,13-14,17H,1,12,15-16,18H2,2-7H3. The third-order valence-electron chi connectivity index (χ3n) is 6.56. The summed E-state index contributed by atoms with van der Waals surface area (Å²) in [5.41, 5.74) is 3.86. The number of methoxy groups -OCH3 is 1. The van der Waals surface area contributed by atoms with Crippen molar-refractivity contribution in [1.29, 1.82) is 0 Å². The van der Waals surface area contributed by atoms with E-state index >= 15 is 0 Å². The van der Waals surface area contributed by atoms with Crippen LogP contribution in [0.2, 0.25) is 18.1 Å². The first-order valence-corrected chi connectivity index (χ1v) is 13.9. The van der Waals surface area contributed by atoms with Crippen molar-refractivity contribution < 1.29 is 14.0 Å². The van der Waals surface area contributed by atoms with Crippen molar-refractivity contribution in [2.24, 2.45) is 0 Å². The van der Waals surface area contributed by atoms with Gasteiger partial charge in [0.2, 0.25) is 8.32 Å². The molecule has 0 aromatic heterocycles. The molecule has 5 heteroatoms. The third kappa shape index (κ3) is 4.71. The summed E-state index contributed by atoms with van der Waals surface area (Å²) in [5, 5.41) is 0.0520. The largest absolute Gasteiger partial charge is 0.543 e. The van der Waals surface area contributed by atoms with Crippen LogP contribution in [0.4, 0.5) is 0 Å². The maximum absolute atomic E-state index is 13.5. The average molecular weight is 438 g/mol. The lowest BCUT2D eigenvalue weighted by Crippen LogP contribution is -2.44. The monoisotopic (exact) mass is 437 g/mol. The Morgan fingerprint density at radius 3 is 2.42 bits per heavy atom. The first-order valence-electron chi connectivity index (χ1n) is 10.9. The summed E-state index contributed by atoms with van der Waals surface area (Å²) in [4.78, 5) is 15.4. The van der Waals surface area contributed by atoms with Gasteiger partial charge in [-0.1, -0.05) is 57.2 Å². The topological polar surface area (TPSA) is 38.8 Å². The number of benzene rings is 2. The molecule has 0 bridgehead atoms. The average Bonchev–Trinajstić information content (AvgIpc) is 3.04. The maximum Gasteiger partial charge on any atom is 0.255 e. The van der Waals surface area contributed by atoms with E-state index in [1.807, 2.05) is 35.2 Å². The Morgan fingerprint density at radius 1 is 1.16 bits per heavy atom. The second-order valence-electron chi connectivity index (χ2n) is 9.73. The molecule has 0 N–H and O–H groups in total. The number of carbonyl (C=O) groups is 1. The van der Waals surface area contributed by atoms with Gasteiger partial charge in [-0.05, 0) is 36.5 Å². The van der Waals surface area contributed by atoms with Crippen LogP contribution in [0.5, 0.6) is 11.5 Å². The van der Waals surface area contributed by atoms with E-state index in [1.165, 1.54) is 5.56 Å². The van der Waals surface area contributed by atoms with Gasteiger partial charge in [0, 0.05) is 23.7 Å². The maximum atomic E-state index is 13.5. The Hall–Kier alpha value is -2.53. The molecule has 0 saturated heterocycles. The molecule has 1 aliphatic rings. The summed E-state index contributed by atoms with van der Waals surface area (Å²) in [6.07, 6.45) is 3.27. The lowest BCUT2D eigenvalue weighted by atomic mass is 9.98. The van der Waals surface area contributed by atoms with Crippen LogP contribution in [-0.4, -0.2) is 32.8 Å². The van der Waals surface area contributed by atoms with Crippen molar-refractivity contribution in [3.8, 4) is 11.5 Å². The van der Waals surface area contributed by atoms with Crippen LogP contribution in [0, 0.1) is 0 Å². The zero-order valence-electron chi connectivity index (χ0n) is 19.7. The Balaban J connectivity index is 1.98. The molecule has 0 atom stereocenters. The van der Waals surface area contributed by atoms with Crippen LogP contribution in [-0.2, 0) is 19.4 Å². The molecule has 0 aliphatic carbocycles. The molecule has 0 unspecified atom stereocenters. The van der Waals surface area contributed by atoms with Crippen molar-refractivity contribution in [3.05, 3.63) is 71.3 Å². The highest BCUT2D eigenvalue weighted by Gasteiger charge is 2.41. The number of hydrogen-bond donors (Lipinski definition) is 0. The van der Waals surface area contributed by atoms with Crippen LogP contribution in [0.3, 0.4) is 0 Å². The fourth-order valence-electron chi connectivity index (χ4n) is 3.70. The molecule has 3 rings (SSSR count). The highest BCUT2D eigenvalue weighted by molar-refractivity contribution is 6.74.